The zero-order chi connectivity index (χ0) is 20.1. The first kappa shape index (κ1) is 22.9. The lowest BCUT2D eigenvalue weighted by Crippen LogP contribution is -2.46. The maximum absolute atomic E-state index is 11.7. The van der Waals surface area contributed by atoms with E-state index in [1.807, 2.05) is 6.92 Å². The van der Waals surface area contributed by atoms with Gasteiger partial charge in [-0.1, -0.05) is 6.92 Å². The molecule has 1 saturated heterocycles. The van der Waals surface area contributed by atoms with Crippen LogP contribution in [-0.4, -0.2) is 70.3 Å². The van der Waals surface area contributed by atoms with E-state index in [2.05, 4.69) is 5.32 Å². The zero-order valence-corrected chi connectivity index (χ0v) is 16.2. The molecule has 0 saturated carbocycles. The minimum Gasteiger partial charge on any atom is -0.462 e. The van der Waals surface area contributed by atoms with Crippen LogP contribution in [0.1, 0.15) is 27.2 Å². The van der Waals surface area contributed by atoms with E-state index in [0.717, 1.165) is 18.6 Å². The molecular weight excluding hydrogens is 358 g/mol. The van der Waals surface area contributed by atoms with Gasteiger partial charge in [-0.15, -0.1) is 0 Å². The molecule has 0 radical (unpaired) electrons. The van der Waals surface area contributed by atoms with Crippen molar-refractivity contribution in [2.24, 2.45) is 5.41 Å². The second-order valence-electron chi connectivity index (χ2n) is 6.13. The van der Waals surface area contributed by atoms with Crippen LogP contribution in [0.15, 0.2) is 12.2 Å². The third-order valence-electron chi connectivity index (χ3n) is 3.96. The predicted octanol–water partition coefficient (Wildman–Crippen LogP) is 1.21. The third-order valence-corrected chi connectivity index (χ3v) is 3.96. The lowest BCUT2D eigenvalue weighted by Gasteiger charge is -2.39. The second kappa shape index (κ2) is 12.3. The van der Waals surface area contributed by atoms with Gasteiger partial charge >= 0.3 is 18.0 Å². The number of nitrogens with one attached hydrogen (secondary N) is 1. The molecule has 1 N–H and O–H groups in total. The molecule has 154 valence electrons. The standard InChI is InChI=1S/C18H29NO8/c1-4-18(11-24-12-18)13-26-16(21)8-7-15(20)25-10-14(9-23-6-3)27-17(22)19-5-2/h7-8,14H,4-6,9-13H2,1-3H3,(H,19,22)/b8-7+. The van der Waals surface area contributed by atoms with Crippen molar-refractivity contribution in [1.82, 2.24) is 5.32 Å². The average Bonchev–Trinajstić information content (AvgIpc) is 2.61. The van der Waals surface area contributed by atoms with Crippen LogP contribution in [0.2, 0.25) is 0 Å². The van der Waals surface area contributed by atoms with E-state index in [4.69, 9.17) is 23.7 Å². The van der Waals surface area contributed by atoms with Crippen LogP contribution in [0.3, 0.4) is 0 Å². The molecule has 0 aromatic rings. The van der Waals surface area contributed by atoms with Crippen molar-refractivity contribution in [3.63, 3.8) is 0 Å². The van der Waals surface area contributed by atoms with E-state index >= 15 is 0 Å². The Morgan fingerprint density at radius 3 is 2.26 bits per heavy atom. The first-order chi connectivity index (χ1) is 12.9. The van der Waals surface area contributed by atoms with Crippen molar-refractivity contribution in [2.45, 2.75) is 33.3 Å². The highest BCUT2D eigenvalue weighted by atomic mass is 16.6. The van der Waals surface area contributed by atoms with Crippen molar-refractivity contribution in [2.75, 3.05) is 46.2 Å². The van der Waals surface area contributed by atoms with Crippen molar-refractivity contribution in [3.8, 4) is 0 Å². The molecule has 1 rings (SSSR count). The number of hydrogen-bond acceptors (Lipinski definition) is 8. The lowest BCUT2D eigenvalue weighted by atomic mass is 9.84. The summed E-state index contributed by atoms with van der Waals surface area (Å²) in [5.74, 6) is -1.37. The largest absolute Gasteiger partial charge is 0.462 e. The van der Waals surface area contributed by atoms with E-state index in [1.165, 1.54) is 0 Å². The maximum Gasteiger partial charge on any atom is 0.407 e. The van der Waals surface area contributed by atoms with E-state index < -0.39 is 24.1 Å². The average molecular weight is 387 g/mol. The zero-order valence-electron chi connectivity index (χ0n) is 16.2. The number of carbonyl (C=O) groups excluding carboxylic acids is 3. The van der Waals surface area contributed by atoms with Gasteiger partial charge in [0.2, 0.25) is 0 Å². The van der Waals surface area contributed by atoms with Crippen molar-refractivity contribution >= 4 is 18.0 Å². The molecule has 0 aromatic heterocycles. The summed E-state index contributed by atoms with van der Waals surface area (Å²) in [5.41, 5.74) is -0.118. The van der Waals surface area contributed by atoms with Gasteiger partial charge < -0.3 is 29.0 Å². The Kier molecular flexibility index (Phi) is 10.4. The normalized spacial score (nSPS) is 16.3. The summed E-state index contributed by atoms with van der Waals surface area (Å²) < 4.78 is 25.6. The van der Waals surface area contributed by atoms with E-state index in [-0.39, 0.29) is 25.2 Å². The summed E-state index contributed by atoms with van der Waals surface area (Å²) in [4.78, 5) is 34.9. The van der Waals surface area contributed by atoms with Gasteiger partial charge in [-0.2, -0.15) is 0 Å². The fourth-order valence-corrected chi connectivity index (χ4v) is 2.11. The number of alkyl carbamates (subject to hydrolysis) is 1. The summed E-state index contributed by atoms with van der Waals surface area (Å²) >= 11 is 0. The van der Waals surface area contributed by atoms with Crippen LogP contribution in [0, 0.1) is 5.41 Å². The van der Waals surface area contributed by atoms with Gasteiger partial charge in [0.25, 0.3) is 0 Å². The molecule has 1 aliphatic rings. The Labute approximate surface area is 159 Å². The smallest absolute Gasteiger partial charge is 0.407 e. The topological polar surface area (TPSA) is 109 Å². The summed E-state index contributed by atoms with van der Waals surface area (Å²) in [5, 5.41) is 2.48. The molecule has 0 spiro atoms. The first-order valence-corrected chi connectivity index (χ1v) is 9.06. The molecule has 9 heteroatoms. The van der Waals surface area contributed by atoms with Crippen molar-refractivity contribution in [3.05, 3.63) is 12.2 Å². The Hall–Kier alpha value is -2.13. The predicted molar refractivity (Wildman–Crippen MR) is 95.0 cm³/mol. The minimum absolute atomic E-state index is 0.0911. The molecule has 0 aromatic carbocycles. The SMILES string of the molecule is CCNC(=O)OC(COCC)COC(=O)/C=C/C(=O)OCC1(CC)COC1. The quantitative estimate of drug-likeness (QED) is 0.302. The molecule has 0 aliphatic carbocycles. The van der Waals surface area contributed by atoms with Crippen LogP contribution in [-0.2, 0) is 33.3 Å². The third kappa shape index (κ3) is 8.87. The summed E-state index contributed by atoms with van der Waals surface area (Å²) in [6, 6.07) is 0. The van der Waals surface area contributed by atoms with Crippen LogP contribution in [0.5, 0.6) is 0 Å². The molecule has 9 nitrogen and oxygen atoms in total. The number of amides is 1. The molecule has 1 heterocycles. The Morgan fingerprint density at radius 1 is 1.07 bits per heavy atom. The lowest BCUT2D eigenvalue weighted by molar-refractivity contribution is -0.166. The van der Waals surface area contributed by atoms with Crippen LogP contribution >= 0.6 is 0 Å². The highest BCUT2D eigenvalue weighted by Gasteiger charge is 2.38. The molecular formula is C18H29NO8. The fraction of sp³-hybridized carbons (Fsp3) is 0.722. The van der Waals surface area contributed by atoms with Gasteiger partial charge in [0, 0.05) is 25.3 Å². The molecule has 1 unspecified atom stereocenters. The second-order valence-corrected chi connectivity index (χ2v) is 6.13. The van der Waals surface area contributed by atoms with Crippen LogP contribution < -0.4 is 5.32 Å². The number of rotatable bonds is 12. The van der Waals surface area contributed by atoms with Crippen LogP contribution in [0.25, 0.3) is 0 Å². The molecule has 0 bridgehead atoms. The number of hydrogen-bond donors (Lipinski definition) is 1. The minimum atomic E-state index is -0.746. The van der Waals surface area contributed by atoms with Crippen molar-refractivity contribution in [1.29, 1.82) is 0 Å². The Bertz CT molecular complexity index is 510. The highest BCUT2D eigenvalue weighted by Crippen LogP contribution is 2.31. The molecule has 1 atom stereocenters. The molecule has 1 aliphatic heterocycles. The van der Waals surface area contributed by atoms with E-state index in [0.29, 0.717) is 26.4 Å². The van der Waals surface area contributed by atoms with Gasteiger partial charge in [0.15, 0.2) is 6.10 Å². The van der Waals surface area contributed by atoms with Gasteiger partial charge in [-0.3, -0.25) is 0 Å². The monoisotopic (exact) mass is 387 g/mol. The molecule has 27 heavy (non-hydrogen) atoms. The summed E-state index contributed by atoms with van der Waals surface area (Å²) in [6.07, 6.45) is 1.46. The number of ether oxygens (including phenoxy) is 5. The van der Waals surface area contributed by atoms with Gasteiger partial charge in [0.05, 0.1) is 25.2 Å². The molecule has 1 fully saturated rings. The van der Waals surface area contributed by atoms with E-state index in [9.17, 15) is 14.4 Å². The number of carbonyl (C=O) groups is 3. The van der Waals surface area contributed by atoms with E-state index in [1.54, 1.807) is 13.8 Å². The van der Waals surface area contributed by atoms with Gasteiger partial charge in [0.1, 0.15) is 13.2 Å². The number of esters is 2. The first-order valence-electron chi connectivity index (χ1n) is 9.06. The molecule has 1 amide bonds. The Morgan fingerprint density at radius 2 is 1.74 bits per heavy atom. The van der Waals surface area contributed by atoms with Crippen molar-refractivity contribution < 1.29 is 38.1 Å². The fourth-order valence-electron chi connectivity index (χ4n) is 2.11. The Balaban J connectivity index is 2.35. The van der Waals surface area contributed by atoms with Gasteiger partial charge in [-0.05, 0) is 20.3 Å². The summed E-state index contributed by atoms with van der Waals surface area (Å²) in [7, 11) is 0. The highest BCUT2D eigenvalue weighted by molar-refractivity contribution is 5.91. The van der Waals surface area contributed by atoms with Crippen LogP contribution in [0.4, 0.5) is 4.79 Å². The maximum atomic E-state index is 11.7. The van der Waals surface area contributed by atoms with Gasteiger partial charge in [-0.25, -0.2) is 14.4 Å². The summed E-state index contributed by atoms with van der Waals surface area (Å²) in [6.45, 7) is 7.67.